The molecule has 0 fully saturated rings. The summed E-state index contributed by atoms with van der Waals surface area (Å²) >= 11 is 0. The molecule has 0 aliphatic carbocycles. The number of rotatable bonds is 0. The molecule has 0 aromatic heterocycles. The van der Waals surface area contributed by atoms with Crippen LogP contribution in [0, 0.1) is 0 Å². The molecule has 0 amide bonds. The minimum Gasteiger partial charge on any atom is -0.203 e. The topological polar surface area (TPSA) is 15.4 Å². The van der Waals surface area contributed by atoms with E-state index in [9.17, 15) is 0 Å². The van der Waals surface area contributed by atoms with Gasteiger partial charge in [0.05, 0.1) is 6.21 Å². The number of fused-ring (bicyclic) bond motifs is 1. The van der Waals surface area contributed by atoms with Crippen molar-refractivity contribution in [2.24, 2.45) is 4.99 Å². The van der Waals surface area contributed by atoms with Crippen LogP contribution < -0.4 is 0 Å². The average Bonchev–Trinajstić information content (AvgIpc) is 2.33. The Kier molecular flexibility index (Phi) is 0.859. The van der Waals surface area contributed by atoms with E-state index in [4.69, 9.17) is 0 Å². The highest BCUT2D eigenvalue weighted by Gasteiger charge is 2.14. The Hall–Kier alpha value is -1.18. The molecule has 2 aliphatic heterocycles. The van der Waals surface area contributed by atoms with E-state index in [1.54, 1.807) is 0 Å². The van der Waals surface area contributed by atoms with Crippen LogP contribution in [0.15, 0.2) is 29.5 Å². The Morgan fingerprint density at radius 2 is 2.56 bits per heavy atom. The highest BCUT2D eigenvalue weighted by Crippen LogP contribution is 2.01. The molecule has 0 aromatic carbocycles. The van der Waals surface area contributed by atoms with Gasteiger partial charge in [-0.05, 0) is 4.99 Å². The van der Waals surface area contributed by atoms with E-state index in [0.717, 1.165) is 12.3 Å². The lowest BCUT2D eigenvalue weighted by molar-refractivity contribution is -0.314. The van der Waals surface area contributed by atoms with Crippen molar-refractivity contribution in [2.75, 3.05) is 0 Å². The maximum Gasteiger partial charge on any atom is 0.327 e. The number of aliphatic imine (C=N–C) groups is 1. The lowest BCUT2D eigenvalue weighted by Crippen LogP contribution is -2.13. The van der Waals surface area contributed by atoms with Gasteiger partial charge in [0, 0.05) is 12.5 Å². The molecule has 9 heavy (non-hydrogen) atoms. The summed E-state index contributed by atoms with van der Waals surface area (Å²) in [6, 6.07) is 0. The molecule has 2 aliphatic rings. The summed E-state index contributed by atoms with van der Waals surface area (Å²) in [7, 11) is 0. The minimum atomic E-state index is 1.02. The van der Waals surface area contributed by atoms with Gasteiger partial charge in [-0.2, -0.15) is 0 Å². The Morgan fingerprint density at radius 1 is 1.56 bits per heavy atom. The first-order valence-corrected chi connectivity index (χ1v) is 2.99. The molecule has 0 saturated heterocycles. The van der Waals surface area contributed by atoms with E-state index in [1.807, 2.05) is 23.1 Å². The van der Waals surface area contributed by atoms with Crippen molar-refractivity contribution in [2.45, 2.75) is 6.42 Å². The molecule has 0 unspecified atom stereocenters. The zero-order chi connectivity index (χ0) is 6.10. The molecule has 0 N–H and O–H groups in total. The van der Waals surface area contributed by atoms with Crippen LogP contribution in [0.5, 0.6) is 0 Å². The van der Waals surface area contributed by atoms with Gasteiger partial charge in [-0.1, -0.05) is 6.08 Å². The van der Waals surface area contributed by atoms with Crippen LogP contribution in [0.3, 0.4) is 0 Å². The molecule has 2 nitrogen and oxygen atoms in total. The fraction of sp³-hybridized carbons (Fsp3) is 0.143. The van der Waals surface area contributed by atoms with E-state index in [1.165, 1.54) is 0 Å². The van der Waals surface area contributed by atoms with Crippen LogP contribution >= 0.6 is 0 Å². The second kappa shape index (κ2) is 1.65. The van der Waals surface area contributed by atoms with Crippen molar-refractivity contribution in [3.05, 3.63) is 24.6 Å². The van der Waals surface area contributed by atoms with Gasteiger partial charge in [-0.25, -0.2) is 4.58 Å². The smallest absolute Gasteiger partial charge is 0.203 e. The summed E-state index contributed by atoms with van der Waals surface area (Å²) in [6.45, 7) is 0. The molecule has 2 heteroatoms. The zero-order valence-electron chi connectivity index (χ0n) is 4.99. The van der Waals surface area contributed by atoms with Gasteiger partial charge in [0.15, 0.2) is 6.20 Å². The number of amidine groups is 1. The molecule has 44 valence electrons. The van der Waals surface area contributed by atoms with Gasteiger partial charge in [0.25, 0.3) is 0 Å². The second-order valence-electron chi connectivity index (χ2n) is 2.01. The van der Waals surface area contributed by atoms with E-state index < -0.39 is 0 Å². The van der Waals surface area contributed by atoms with Crippen molar-refractivity contribution in [1.29, 1.82) is 0 Å². The molecule has 0 radical (unpaired) electrons. The quantitative estimate of drug-likeness (QED) is 0.421. The van der Waals surface area contributed by atoms with Crippen molar-refractivity contribution < 1.29 is 4.58 Å². The Balaban J connectivity index is 2.46. The molecule has 0 saturated carbocycles. The fourth-order valence-electron chi connectivity index (χ4n) is 0.956. The number of nitrogens with zero attached hydrogens (tertiary/aromatic N) is 2. The molecular weight excluding hydrogens is 112 g/mol. The van der Waals surface area contributed by atoms with E-state index in [2.05, 4.69) is 17.3 Å². The van der Waals surface area contributed by atoms with E-state index in [0.29, 0.717) is 0 Å². The number of allylic oxidation sites excluding steroid dienone is 1. The van der Waals surface area contributed by atoms with Crippen molar-refractivity contribution >= 4 is 12.1 Å². The summed E-state index contributed by atoms with van der Waals surface area (Å²) in [5.74, 6) is 1.03. The summed E-state index contributed by atoms with van der Waals surface area (Å²) in [4.78, 5) is 4.10. The summed E-state index contributed by atoms with van der Waals surface area (Å²) in [5.41, 5.74) is 0. The summed E-state index contributed by atoms with van der Waals surface area (Å²) in [6.07, 6.45) is 11.0. The third-order valence-electron chi connectivity index (χ3n) is 1.40. The second-order valence-corrected chi connectivity index (χ2v) is 2.01. The first-order chi connectivity index (χ1) is 4.47. The van der Waals surface area contributed by atoms with Crippen LogP contribution in [0.4, 0.5) is 0 Å². The zero-order valence-corrected chi connectivity index (χ0v) is 4.99. The highest BCUT2D eigenvalue weighted by atomic mass is 15.1. The number of hydrogen-bond acceptors (Lipinski definition) is 1. The van der Waals surface area contributed by atoms with Crippen LogP contribution in [-0.4, -0.2) is 16.6 Å². The first kappa shape index (κ1) is 4.68. The average molecular weight is 119 g/mol. The van der Waals surface area contributed by atoms with Crippen LogP contribution in [0.25, 0.3) is 0 Å². The molecule has 2 rings (SSSR count). The van der Waals surface area contributed by atoms with Gasteiger partial charge in [-0.3, -0.25) is 0 Å². The van der Waals surface area contributed by atoms with Gasteiger partial charge in [-0.15, -0.1) is 0 Å². The van der Waals surface area contributed by atoms with Gasteiger partial charge >= 0.3 is 5.84 Å². The lowest BCUT2D eigenvalue weighted by Gasteiger charge is -1.94. The normalized spacial score (nSPS) is 21.3. The predicted octanol–water partition coefficient (Wildman–Crippen LogP) is 0.913. The van der Waals surface area contributed by atoms with Crippen molar-refractivity contribution in [1.82, 2.24) is 0 Å². The predicted molar refractivity (Wildman–Crippen MR) is 36.7 cm³/mol. The maximum absolute atomic E-state index is 4.10. The SMILES string of the molecule is C1=CC2=NC=C[N+]2=CC1. The standard InChI is InChI=1S/C7H7N2/c1-2-5-9-6-4-8-7(9)3-1/h1,3-6H,2H2/q+1. The Morgan fingerprint density at radius 3 is 3.44 bits per heavy atom. The minimum absolute atomic E-state index is 1.02. The van der Waals surface area contributed by atoms with Crippen LogP contribution in [-0.2, 0) is 0 Å². The highest BCUT2D eigenvalue weighted by molar-refractivity contribution is 5.92. The van der Waals surface area contributed by atoms with E-state index >= 15 is 0 Å². The fourth-order valence-corrected chi connectivity index (χ4v) is 0.956. The molecular formula is C7H7N2+. The molecule has 0 atom stereocenters. The van der Waals surface area contributed by atoms with E-state index in [-0.39, 0.29) is 0 Å². The van der Waals surface area contributed by atoms with Gasteiger partial charge in [0.2, 0.25) is 0 Å². The monoisotopic (exact) mass is 119 g/mol. The van der Waals surface area contributed by atoms with Gasteiger partial charge in [0.1, 0.15) is 6.20 Å². The first-order valence-electron chi connectivity index (χ1n) is 2.99. The molecule has 0 aromatic rings. The maximum atomic E-state index is 4.10. The lowest BCUT2D eigenvalue weighted by atomic mass is 10.3. The molecule has 2 heterocycles. The van der Waals surface area contributed by atoms with Crippen LogP contribution in [0.2, 0.25) is 0 Å². The molecule has 0 bridgehead atoms. The third-order valence-corrected chi connectivity index (χ3v) is 1.40. The number of hydrogen-bond donors (Lipinski definition) is 0. The van der Waals surface area contributed by atoms with Crippen LogP contribution in [0.1, 0.15) is 6.42 Å². The third kappa shape index (κ3) is 0.633. The van der Waals surface area contributed by atoms with Crippen molar-refractivity contribution in [3.8, 4) is 0 Å². The molecule has 0 spiro atoms. The van der Waals surface area contributed by atoms with Gasteiger partial charge < -0.3 is 0 Å². The van der Waals surface area contributed by atoms with Crippen molar-refractivity contribution in [3.63, 3.8) is 0 Å². The largest absolute Gasteiger partial charge is 0.327 e. The Labute approximate surface area is 53.5 Å². The summed E-state index contributed by atoms with van der Waals surface area (Å²) in [5, 5.41) is 0. The Bertz CT molecular complexity index is 244. The summed E-state index contributed by atoms with van der Waals surface area (Å²) < 4.78 is 2.03.